The van der Waals surface area contributed by atoms with E-state index in [0.29, 0.717) is 16.4 Å². The Morgan fingerprint density at radius 1 is 1.16 bits per heavy atom. The number of hydrogen-bond acceptors (Lipinski definition) is 3. The third-order valence-corrected chi connectivity index (χ3v) is 3.88. The van der Waals surface area contributed by atoms with Crippen molar-refractivity contribution in [2.45, 2.75) is 13.8 Å². The van der Waals surface area contributed by atoms with Gasteiger partial charge in [-0.2, -0.15) is 0 Å². The summed E-state index contributed by atoms with van der Waals surface area (Å²) in [6.45, 7) is 3.85. The lowest BCUT2D eigenvalue weighted by Crippen LogP contribution is -2.17. The van der Waals surface area contributed by atoms with Gasteiger partial charge in [-0.3, -0.25) is 9.36 Å². The van der Waals surface area contributed by atoms with Crippen LogP contribution in [0.4, 0.5) is 0 Å². The second-order valence-electron chi connectivity index (χ2n) is 5.52. The Bertz CT molecular complexity index is 1010. The van der Waals surface area contributed by atoms with E-state index >= 15 is 0 Å². The fourth-order valence-electron chi connectivity index (χ4n) is 2.41. The lowest BCUT2D eigenvalue weighted by atomic mass is 10.2. The number of amides is 1. The van der Waals surface area contributed by atoms with Gasteiger partial charge in [0.2, 0.25) is 5.82 Å². The summed E-state index contributed by atoms with van der Waals surface area (Å²) in [6.07, 6.45) is 1.58. The largest absolute Gasteiger partial charge is 0.363 e. The molecule has 0 spiro atoms. The van der Waals surface area contributed by atoms with Crippen LogP contribution < -0.4 is 5.73 Å². The van der Waals surface area contributed by atoms with Crippen LogP contribution in [0.1, 0.15) is 33.1 Å². The first-order valence-corrected chi connectivity index (χ1v) is 7.93. The molecule has 124 valence electrons. The van der Waals surface area contributed by atoms with Gasteiger partial charge in [0.05, 0.1) is 5.69 Å². The summed E-state index contributed by atoms with van der Waals surface area (Å²) in [5.74, 6) is 5.50. The van der Waals surface area contributed by atoms with Crippen molar-refractivity contribution in [2.24, 2.45) is 5.73 Å². The number of imidazole rings is 1. The van der Waals surface area contributed by atoms with Crippen molar-refractivity contribution in [2.75, 3.05) is 0 Å². The van der Waals surface area contributed by atoms with E-state index in [9.17, 15) is 4.79 Å². The van der Waals surface area contributed by atoms with E-state index in [1.165, 1.54) is 0 Å². The number of rotatable bonds is 2. The predicted octanol–water partition coefficient (Wildman–Crippen LogP) is 3.04. The zero-order chi connectivity index (χ0) is 18.0. The van der Waals surface area contributed by atoms with Crippen molar-refractivity contribution in [1.82, 2.24) is 14.5 Å². The Morgan fingerprint density at radius 2 is 1.88 bits per heavy atom. The summed E-state index contributed by atoms with van der Waals surface area (Å²) in [4.78, 5) is 20.0. The fourth-order valence-corrected chi connectivity index (χ4v) is 2.58. The molecule has 0 aliphatic carbocycles. The number of aryl methyl sites for hydroxylation is 1. The van der Waals surface area contributed by atoms with Crippen LogP contribution >= 0.6 is 11.6 Å². The summed E-state index contributed by atoms with van der Waals surface area (Å²) in [5, 5.41) is 0.367. The molecule has 0 aliphatic heterocycles. The number of carbonyl (C=O) groups is 1. The standard InChI is InChI=1S/C19H15ClN4O/c1-12-3-6-15(7-4-12)24-13(2)16(23-19(24)18(21)25)8-5-14-9-10-22-17(20)11-14/h3-4,6-7,9-11H,1-2H3,(H2,21,25). The smallest absolute Gasteiger partial charge is 0.285 e. The lowest BCUT2D eigenvalue weighted by Gasteiger charge is -2.08. The molecule has 2 N–H and O–H groups in total. The van der Waals surface area contributed by atoms with E-state index in [1.807, 2.05) is 38.1 Å². The highest BCUT2D eigenvalue weighted by Gasteiger charge is 2.18. The van der Waals surface area contributed by atoms with Crippen LogP contribution in [-0.4, -0.2) is 20.4 Å². The first kappa shape index (κ1) is 16.7. The van der Waals surface area contributed by atoms with Gasteiger partial charge in [-0.1, -0.05) is 35.2 Å². The molecule has 3 aromatic rings. The van der Waals surface area contributed by atoms with E-state index in [4.69, 9.17) is 17.3 Å². The molecule has 0 aliphatic rings. The number of hydrogen-bond donors (Lipinski definition) is 1. The quantitative estimate of drug-likeness (QED) is 0.570. The molecule has 0 radical (unpaired) electrons. The molecule has 0 saturated heterocycles. The van der Waals surface area contributed by atoms with E-state index < -0.39 is 5.91 Å². The van der Waals surface area contributed by atoms with Gasteiger partial charge < -0.3 is 5.73 Å². The number of primary amides is 1. The number of halogens is 1. The number of nitrogens with zero attached hydrogens (tertiary/aromatic N) is 3. The van der Waals surface area contributed by atoms with Gasteiger partial charge in [0.15, 0.2) is 0 Å². The molecule has 2 aromatic heterocycles. The summed E-state index contributed by atoms with van der Waals surface area (Å²) in [7, 11) is 0. The van der Waals surface area contributed by atoms with Crippen molar-refractivity contribution >= 4 is 17.5 Å². The Kier molecular flexibility index (Phi) is 4.55. The molecule has 0 fully saturated rings. The van der Waals surface area contributed by atoms with E-state index in [2.05, 4.69) is 21.8 Å². The lowest BCUT2D eigenvalue weighted by molar-refractivity contribution is 0.0988. The topological polar surface area (TPSA) is 73.8 Å². The molecular weight excluding hydrogens is 336 g/mol. The van der Waals surface area contributed by atoms with Gasteiger partial charge in [0.1, 0.15) is 10.8 Å². The zero-order valence-electron chi connectivity index (χ0n) is 13.7. The maximum Gasteiger partial charge on any atom is 0.285 e. The van der Waals surface area contributed by atoms with Gasteiger partial charge in [0.25, 0.3) is 5.91 Å². The van der Waals surface area contributed by atoms with Crippen molar-refractivity contribution < 1.29 is 4.79 Å². The monoisotopic (exact) mass is 350 g/mol. The molecule has 5 nitrogen and oxygen atoms in total. The predicted molar refractivity (Wildman–Crippen MR) is 96.8 cm³/mol. The Morgan fingerprint density at radius 3 is 2.52 bits per heavy atom. The van der Waals surface area contributed by atoms with Crippen LogP contribution in [0, 0.1) is 25.7 Å². The average Bonchev–Trinajstić information content (AvgIpc) is 2.91. The molecule has 0 atom stereocenters. The van der Waals surface area contributed by atoms with Crippen LogP contribution in [0.15, 0.2) is 42.6 Å². The minimum atomic E-state index is -0.608. The van der Waals surface area contributed by atoms with Crippen LogP contribution in [0.2, 0.25) is 5.15 Å². The highest BCUT2D eigenvalue weighted by molar-refractivity contribution is 6.29. The number of aromatic nitrogens is 3. The van der Waals surface area contributed by atoms with E-state index in [-0.39, 0.29) is 5.82 Å². The van der Waals surface area contributed by atoms with Crippen molar-refractivity contribution in [3.05, 3.63) is 76.1 Å². The maximum absolute atomic E-state index is 11.8. The van der Waals surface area contributed by atoms with Crippen LogP contribution in [0.5, 0.6) is 0 Å². The molecule has 1 amide bonds. The van der Waals surface area contributed by atoms with Gasteiger partial charge in [-0.15, -0.1) is 0 Å². The number of benzene rings is 1. The van der Waals surface area contributed by atoms with Gasteiger partial charge in [-0.25, -0.2) is 9.97 Å². The second kappa shape index (κ2) is 6.80. The molecule has 25 heavy (non-hydrogen) atoms. The normalized spacial score (nSPS) is 10.2. The first-order chi connectivity index (χ1) is 12.0. The minimum Gasteiger partial charge on any atom is -0.363 e. The van der Waals surface area contributed by atoms with Crippen LogP contribution in [0.3, 0.4) is 0 Å². The highest BCUT2D eigenvalue weighted by Crippen LogP contribution is 2.18. The Labute approximate surface area is 150 Å². The minimum absolute atomic E-state index is 0.151. The Hall–Kier alpha value is -3.10. The van der Waals surface area contributed by atoms with E-state index in [1.54, 1.807) is 22.9 Å². The zero-order valence-corrected chi connectivity index (χ0v) is 14.5. The van der Waals surface area contributed by atoms with Gasteiger partial charge in [0, 0.05) is 17.4 Å². The fraction of sp³-hybridized carbons (Fsp3) is 0.105. The molecule has 6 heteroatoms. The second-order valence-corrected chi connectivity index (χ2v) is 5.91. The molecule has 0 unspecified atom stereocenters. The number of nitrogens with two attached hydrogens (primary N) is 1. The van der Waals surface area contributed by atoms with Crippen LogP contribution in [-0.2, 0) is 0 Å². The molecule has 2 heterocycles. The molecular formula is C19H15ClN4O. The summed E-state index contributed by atoms with van der Waals surface area (Å²) in [6, 6.07) is 11.2. The molecule has 0 saturated carbocycles. The highest BCUT2D eigenvalue weighted by atomic mass is 35.5. The van der Waals surface area contributed by atoms with E-state index in [0.717, 1.165) is 16.9 Å². The maximum atomic E-state index is 11.8. The summed E-state index contributed by atoms with van der Waals surface area (Å²) < 4.78 is 1.71. The number of carbonyl (C=O) groups excluding carboxylic acids is 1. The molecule has 3 rings (SSSR count). The molecule has 0 bridgehead atoms. The first-order valence-electron chi connectivity index (χ1n) is 7.55. The van der Waals surface area contributed by atoms with Crippen molar-refractivity contribution in [1.29, 1.82) is 0 Å². The van der Waals surface area contributed by atoms with Crippen molar-refractivity contribution in [3.63, 3.8) is 0 Å². The molecule has 1 aromatic carbocycles. The third-order valence-electron chi connectivity index (χ3n) is 3.67. The van der Waals surface area contributed by atoms with Gasteiger partial charge in [-0.05, 0) is 44.0 Å². The third kappa shape index (κ3) is 3.54. The Balaban J connectivity index is 2.10. The van der Waals surface area contributed by atoms with Crippen molar-refractivity contribution in [3.8, 4) is 17.5 Å². The van der Waals surface area contributed by atoms with Gasteiger partial charge >= 0.3 is 0 Å². The summed E-state index contributed by atoms with van der Waals surface area (Å²) in [5.41, 5.74) is 9.37. The average molecular weight is 351 g/mol. The SMILES string of the molecule is Cc1ccc(-n2c(C(N)=O)nc(C#Cc3ccnc(Cl)c3)c2C)cc1. The number of pyridine rings is 1. The summed E-state index contributed by atoms with van der Waals surface area (Å²) >= 11 is 5.86. The van der Waals surface area contributed by atoms with Crippen LogP contribution in [0.25, 0.3) is 5.69 Å².